The van der Waals surface area contributed by atoms with Gasteiger partial charge in [0.1, 0.15) is 6.04 Å². The van der Waals surface area contributed by atoms with Crippen LogP contribution in [-0.4, -0.2) is 23.6 Å². The molecule has 1 aliphatic rings. The van der Waals surface area contributed by atoms with Crippen LogP contribution in [0.4, 0.5) is 0 Å². The third kappa shape index (κ3) is 2.65. The molecule has 0 bridgehead atoms. The highest BCUT2D eigenvalue weighted by Gasteiger charge is 2.24. The van der Waals surface area contributed by atoms with E-state index in [0.717, 1.165) is 24.9 Å². The van der Waals surface area contributed by atoms with Gasteiger partial charge in [-0.2, -0.15) is 0 Å². The minimum atomic E-state index is -0.272. The Morgan fingerprint density at radius 3 is 2.75 bits per heavy atom. The average molecular weight is 235 g/mol. The van der Waals surface area contributed by atoms with Crippen LogP contribution < -0.4 is 5.32 Å². The molecule has 2 rings (SSSR count). The molecule has 1 fully saturated rings. The second-order valence-electron chi connectivity index (χ2n) is 3.72. The standard InChI is InChI=1S/C12H13NO2S/c14-11(10-7-4-8-13-10)15-12(16)9-5-2-1-3-6-9/h1-3,5-6,10,13H,4,7-8H2/t10-/m0/s1. The normalized spacial score (nSPS) is 19.4. The average Bonchev–Trinajstić information content (AvgIpc) is 2.83. The summed E-state index contributed by atoms with van der Waals surface area (Å²) in [6.45, 7) is 0.873. The summed E-state index contributed by atoms with van der Waals surface area (Å²) in [6, 6.07) is 9.09. The maximum absolute atomic E-state index is 11.7. The van der Waals surface area contributed by atoms with Gasteiger partial charge < -0.3 is 10.1 Å². The largest absolute Gasteiger partial charge is 0.413 e. The SMILES string of the molecule is O=C(OC(=S)c1ccccc1)[C@@H]1CCCN1. The van der Waals surface area contributed by atoms with Crippen LogP contribution in [0, 0.1) is 0 Å². The first-order chi connectivity index (χ1) is 7.77. The van der Waals surface area contributed by atoms with Crippen LogP contribution in [0.3, 0.4) is 0 Å². The first-order valence-electron chi connectivity index (χ1n) is 5.32. The fourth-order valence-electron chi connectivity index (χ4n) is 1.68. The van der Waals surface area contributed by atoms with Crippen molar-refractivity contribution in [2.24, 2.45) is 0 Å². The summed E-state index contributed by atoms with van der Waals surface area (Å²) in [5.74, 6) is -0.272. The molecule has 1 saturated heterocycles. The lowest BCUT2D eigenvalue weighted by atomic mass is 10.2. The molecule has 0 aliphatic carbocycles. The molecule has 1 aromatic carbocycles. The number of nitrogens with one attached hydrogen (secondary N) is 1. The van der Waals surface area contributed by atoms with Crippen LogP contribution in [0.15, 0.2) is 30.3 Å². The number of carbonyl (C=O) groups excluding carboxylic acids is 1. The third-order valence-electron chi connectivity index (χ3n) is 2.55. The number of hydrogen-bond acceptors (Lipinski definition) is 4. The quantitative estimate of drug-likeness (QED) is 0.625. The van der Waals surface area contributed by atoms with Crippen LogP contribution in [0.25, 0.3) is 0 Å². The molecule has 16 heavy (non-hydrogen) atoms. The Balaban J connectivity index is 1.94. The molecule has 0 saturated carbocycles. The van der Waals surface area contributed by atoms with Gasteiger partial charge in [-0.25, -0.2) is 4.79 Å². The third-order valence-corrected chi connectivity index (χ3v) is 2.87. The van der Waals surface area contributed by atoms with Crippen molar-refractivity contribution in [2.45, 2.75) is 18.9 Å². The minimum Gasteiger partial charge on any atom is -0.413 e. The molecule has 4 heteroatoms. The summed E-state index contributed by atoms with van der Waals surface area (Å²) < 4.78 is 5.15. The summed E-state index contributed by atoms with van der Waals surface area (Å²) in [7, 11) is 0. The zero-order chi connectivity index (χ0) is 11.4. The lowest BCUT2D eigenvalue weighted by Crippen LogP contribution is -2.33. The number of esters is 1. The van der Waals surface area contributed by atoms with Gasteiger partial charge >= 0.3 is 5.97 Å². The van der Waals surface area contributed by atoms with Crippen LogP contribution in [0.1, 0.15) is 18.4 Å². The Kier molecular flexibility index (Phi) is 3.64. The Labute approximate surface area is 99.8 Å². The summed E-state index contributed by atoms with van der Waals surface area (Å²) in [4.78, 5) is 11.7. The lowest BCUT2D eigenvalue weighted by molar-refractivity contribution is -0.137. The van der Waals surface area contributed by atoms with Crippen molar-refractivity contribution in [3.8, 4) is 0 Å². The highest BCUT2D eigenvalue weighted by atomic mass is 32.1. The van der Waals surface area contributed by atoms with Crippen molar-refractivity contribution in [2.75, 3.05) is 6.54 Å². The number of rotatable bonds is 2. The molecule has 0 unspecified atom stereocenters. The Morgan fingerprint density at radius 2 is 2.12 bits per heavy atom. The number of ether oxygens (including phenoxy) is 1. The van der Waals surface area contributed by atoms with E-state index in [-0.39, 0.29) is 17.1 Å². The van der Waals surface area contributed by atoms with Gasteiger partial charge in [-0.1, -0.05) is 30.3 Å². The van der Waals surface area contributed by atoms with E-state index in [1.807, 2.05) is 30.3 Å². The molecule has 1 heterocycles. The second kappa shape index (κ2) is 5.18. The van der Waals surface area contributed by atoms with E-state index in [2.05, 4.69) is 5.32 Å². The van der Waals surface area contributed by atoms with E-state index in [1.165, 1.54) is 0 Å². The molecule has 0 radical (unpaired) electrons. The van der Waals surface area contributed by atoms with Gasteiger partial charge in [0.15, 0.2) is 0 Å². The topological polar surface area (TPSA) is 38.3 Å². The maximum atomic E-state index is 11.7. The number of benzene rings is 1. The van der Waals surface area contributed by atoms with Gasteiger partial charge in [-0.3, -0.25) is 0 Å². The van der Waals surface area contributed by atoms with E-state index < -0.39 is 0 Å². The van der Waals surface area contributed by atoms with Gasteiger partial charge in [-0.05, 0) is 31.6 Å². The fraction of sp³-hybridized carbons (Fsp3) is 0.333. The summed E-state index contributed by atoms with van der Waals surface area (Å²) in [5.41, 5.74) is 0.767. The van der Waals surface area contributed by atoms with Crippen molar-refractivity contribution in [1.82, 2.24) is 5.32 Å². The van der Waals surface area contributed by atoms with Gasteiger partial charge in [0, 0.05) is 5.56 Å². The molecule has 84 valence electrons. The molecular formula is C12H13NO2S. The van der Waals surface area contributed by atoms with Crippen molar-refractivity contribution >= 4 is 23.2 Å². The molecule has 1 aliphatic heterocycles. The molecule has 3 nitrogen and oxygen atoms in total. The highest BCUT2D eigenvalue weighted by Crippen LogP contribution is 2.09. The monoisotopic (exact) mass is 235 g/mol. The van der Waals surface area contributed by atoms with Gasteiger partial charge in [0.2, 0.25) is 5.05 Å². The lowest BCUT2D eigenvalue weighted by Gasteiger charge is -2.10. The molecule has 0 aromatic heterocycles. The Bertz CT molecular complexity index is 385. The van der Waals surface area contributed by atoms with Gasteiger partial charge in [0.25, 0.3) is 0 Å². The van der Waals surface area contributed by atoms with E-state index in [4.69, 9.17) is 17.0 Å². The van der Waals surface area contributed by atoms with E-state index in [1.54, 1.807) is 0 Å². The van der Waals surface area contributed by atoms with Crippen molar-refractivity contribution < 1.29 is 9.53 Å². The van der Waals surface area contributed by atoms with Crippen molar-refractivity contribution in [3.63, 3.8) is 0 Å². The molecule has 1 atom stereocenters. The molecule has 0 spiro atoms. The van der Waals surface area contributed by atoms with E-state index in [0.29, 0.717) is 0 Å². The zero-order valence-electron chi connectivity index (χ0n) is 8.81. The fourth-order valence-corrected chi connectivity index (χ4v) is 1.90. The predicted molar refractivity (Wildman–Crippen MR) is 65.3 cm³/mol. The maximum Gasteiger partial charge on any atom is 0.329 e. The molecular weight excluding hydrogens is 222 g/mol. The predicted octanol–water partition coefficient (Wildman–Crippen LogP) is 1.66. The van der Waals surface area contributed by atoms with Gasteiger partial charge in [-0.15, -0.1) is 0 Å². The Morgan fingerprint density at radius 1 is 1.38 bits per heavy atom. The first-order valence-corrected chi connectivity index (χ1v) is 5.72. The zero-order valence-corrected chi connectivity index (χ0v) is 9.63. The van der Waals surface area contributed by atoms with Gasteiger partial charge in [0.05, 0.1) is 0 Å². The van der Waals surface area contributed by atoms with Crippen LogP contribution >= 0.6 is 12.2 Å². The summed E-state index contributed by atoms with van der Waals surface area (Å²) in [5, 5.41) is 3.33. The van der Waals surface area contributed by atoms with Crippen LogP contribution in [-0.2, 0) is 9.53 Å². The summed E-state index contributed by atoms with van der Waals surface area (Å²) >= 11 is 5.06. The minimum absolute atomic E-state index is 0.193. The number of carbonyl (C=O) groups is 1. The smallest absolute Gasteiger partial charge is 0.329 e. The van der Waals surface area contributed by atoms with Crippen molar-refractivity contribution in [3.05, 3.63) is 35.9 Å². The number of hydrogen-bond donors (Lipinski definition) is 1. The molecule has 1 aromatic rings. The number of thiocarbonyl (C=S) groups is 1. The Hall–Kier alpha value is -1.26. The van der Waals surface area contributed by atoms with Crippen molar-refractivity contribution in [1.29, 1.82) is 0 Å². The van der Waals surface area contributed by atoms with Crippen LogP contribution in [0.2, 0.25) is 0 Å². The van der Waals surface area contributed by atoms with E-state index in [9.17, 15) is 4.79 Å². The summed E-state index contributed by atoms with van der Waals surface area (Å²) in [6.07, 6.45) is 1.84. The first kappa shape index (κ1) is 11.2. The van der Waals surface area contributed by atoms with E-state index >= 15 is 0 Å². The second-order valence-corrected chi connectivity index (χ2v) is 4.09. The molecule has 0 amide bonds. The highest BCUT2D eigenvalue weighted by molar-refractivity contribution is 7.80. The molecule has 1 N–H and O–H groups in total. The van der Waals surface area contributed by atoms with Crippen LogP contribution in [0.5, 0.6) is 0 Å².